The predicted octanol–water partition coefficient (Wildman–Crippen LogP) is -0.151. The van der Waals surface area contributed by atoms with Gasteiger partial charge in [0.05, 0.1) is 25.1 Å². The minimum atomic E-state index is -3.40. The maximum Gasteiger partial charge on any atom is 0.305 e. The van der Waals surface area contributed by atoms with Crippen molar-refractivity contribution >= 4 is 16.0 Å². The molecule has 0 fully saturated rings. The van der Waals surface area contributed by atoms with Crippen LogP contribution in [0.15, 0.2) is 18.6 Å². The second-order valence-electron chi connectivity index (χ2n) is 3.52. The number of nitrogens with zero attached hydrogens (tertiary/aromatic N) is 2. The smallest absolute Gasteiger partial charge is 0.305 e. The molecule has 0 radical (unpaired) electrons. The quantitative estimate of drug-likeness (QED) is 0.694. The van der Waals surface area contributed by atoms with Crippen molar-refractivity contribution in [1.29, 1.82) is 0 Å². The molecule has 1 N–H and O–H groups in total. The topological polar surface area (TPSA) is 98.2 Å². The SMILES string of the molecule is COC(=O)CCCS(=O)(=O)NCc1ccncn1. The number of carbonyl (C=O) groups excluding carboxylic acids is 1. The molecule has 0 saturated heterocycles. The molecule has 1 aromatic rings. The first-order valence-corrected chi connectivity index (χ1v) is 6.98. The normalized spacial score (nSPS) is 11.2. The Hall–Kier alpha value is -1.54. The van der Waals surface area contributed by atoms with E-state index in [1.807, 2.05) is 0 Å². The third kappa shape index (κ3) is 5.69. The summed E-state index contributed by atoms with van der Waals surface area (Å²) in [5.74, 6) is -0.534. The van der Waals surface area contributed by atoms with Gasteiger partial charge in [0, 0.05) is 12.6 Å². The van der Waals surface area contributed by atoms with Gasteiger partial charge in [-0.05, 0) is 12.5 Å². The molecule has 7 nitrogen and oxygen atoms in total. The lowest BCUT2D eigenvalue weighted by Crippen LogP contribution is -2.26. The van der Waals surface area contributed by atoms with Crippen molar-refractivity contribution in [3.63, 3.8) is 0 Å². The van der Waals surface area contributed by atoms with Gasteiger partial charge in [-0.3, -0.25) is 4.79 Å². The minimum absolute atomic E-state index is 0.0882. The summed E-state index contributed by atoms with van der Waals surface area (Å²) < 4.78 is 30.0. The van der Waals surface area contributed by atoms with E-state index in [0.29, 0.717) is 5.69 Å². The van der Waals surface area contributed by atoms with Gasteiger partial charge in [0.15, 0.2) is 0 Å². The Kier molecular flexibility index (Phi) is 5.66. The van der Waals surface area contributed by atoms with Crippen LogP contribution in [0.25, 0.3) is 0 Å². The van der Waals surface area contributed by atoms with Crippen LogP contribution in [0.4, 0.5) is 0 Å². The lowest BCUT2D eigenvalue weighted by molar-refractivity contribution is -0.140. The van der Waals surface area contributed by atoms with Crippen LogP contribution >= 0.6 is 0 Å². The van der Waals surface area contributed by atoms with Crippen LogP contribution < -0.4 is 4.72 Å². The lowest BCUT2D eigenvalue weighted by atomic mass is 10.3. The molecule has 1 heterocycles. The molecular weight excluding hydrogens is 258 g/mol. The summed E-state index contributed by atoms with van der Waals surface area (Å²) in [7, 11) is -2.13. The molecule has 0 aliphatic rings. The summed E-state index contributed by atoms with van der Waals surface area (Å²) >= 11 is 0. The molecular formula is C10H15N3O4S. The van der Waals surface area contributed by atoms with Crippen LogP contribution in [-0.4, -0.2) is 37.2 Å². The largest absolute Gasteiger partial charge is 0.469 e. The van der Waals surface area contributed by atoms with Gasteiger partial charge >= 0.3 is 5.97 Å². The molecule has 0 saturated carbocycles. The molecule has 0 aromatic carbocycles. The molecule has 0 spiro atoms. The second kappa shape index (κ2) is 7.02. The van der Waals surface area contributed by atoms with Crippen molar-refractivity contribution in [2.24, 2.45) is 0 Å². The van der Waals surface area contributed by atoms with Crippen LogP contribution in [0.2, 0.25) is 0 Å². The fraction of sp³-hybridized carbons (Fsp3) is 0.500. The number of nitrogens with one attached hydrogen (secondary N) is 1. The zero-order valence-electron chi connectivity index (χ0n) is 10.00. The van der Waals surface area contributed by atoms with Gasteiger partial charge in [0.2, 0.25) is 10.0 Å². The number of hydrogen-bond donors (Lipinski definition) is 1. The first kappa shape index (κ1) is 14.5. The van der Waals surface area contributed by atoms with Gasteiger partial charge in [-0.2, -0.15) is 0 Å². The summed E-state index contributed by atoms with van der Waals surface area (Å²) in [6, 6.07) is 1.62. The summed E-state index contributed by atoms with van der Waals surface area (Å²) in [4.78, 5) is 18.4. The number of rotatable bonds is 7. The van der Waals surface area contributed by atoms with Crippen LogP contribution in [0, 0.1) is 0 Å². The summed E-state index contributed by atoms with van der Waals surface area (Å²) in [5, 5.41) is 0. The van der Waals surface area contributed by atoms with E-state index < -0.39 is 16.0 Å². The molecule has 8 heteroatoms. The van der Waals surface area contributed by atoms with Crippen molar-refractivity contribution in [1.82, 2.24) is 14.7 Å². The van der Waals surface area contributed by atoms with Crippen molar-refractivity contribution in [2.45, 2.75) is 19.4 Å². The average molecular weight is 273 g/mol. The number of methoxy groups -OCH3 is 1. The number of hydrogen-bond acceptors (Lipinski definition) is 6. The third-order valence-electron chi connectivity index (χ3n) is 2.14. The molecule has 0 amide bonds. The van der Waals surface area contributed by atoms with Crippen molar-refractivity contribution in [3.05, 3.63) is 24.3 Å². The maximum atomic E-state index is 11.6. The van der Waals surface area contributed by atoms with E-state index in [0.717, 1.165) is 0 Å². The van der Waals surface area contributed by atoms with E-state index >= 15 is 0 Å². The Bertz CT molecular complexity index is 475. The molecule has 1 aromatic heterocycles. The van der Waals surface area contributed by atoms with Crippen LogP contribution in [0.5, 0.6) is 0 Å². The second-order valence-corrected chi connectivity index (χ2v) is 5.45. The number of carbonyl (C=O) groups is 1. The minimum Gasteiger partial charge on any atom is -0.469 e. The van der Waals surface area contributed by atoms with Gasteiger partial charge in [-0.25, -0.2) is 23.1 Å². The zero-order chi connectivity index (χ0) is 13.4. The van der Waals surface area contributed by atoms with E-state index in [-0.39, 0.29) is 25.1 Å². The summed E-state index contributed by atoms with van der Waals surface area (Å²) in [6.45, 7) is 0.114. The van der Waals surface area contributed by atoms with E-state index in [2.05, 4.69) is 19.4 Å². The molecule has 0 aliphatic carbocycles. The van der Waals surface area contributed by atoms with Crippen molar-refractivity contribution in [2.75, 3.05) is 12.9 Å². The number of sulfonamides is 1. The first-order valence-electron chi connectivity index (χ1n) is 5.32. The van der Waals surface area contributed by atoms with Gasteiger partial charge < -0.3 is 4.74 Å². The fourth-order valence-electron chi connectivity index (χ4n) is 1.19. The first-order chi connectivity index (χ1) is 8.53. The van der Waals surface area contributed by atoms with Crippen molar-refractivity contribution < 1.29 is 17.9 Å². The Morgan fingerprint density at radius 1 is 1.50 bits per heavy atom. The van der Waals surface area contributed by atoms with E-state index in [4.69, 9.17) is 0 Å². The standard InChI is InChI=1S/C10H15N3O4S/c1-17-10(14)3-2-6-18(15,16)13-7-9-4-5-11-8-12-9/h4-5,8,13H,2-3,6-7H2,1H3. The molecule has 0 aliphatic heterocycles. The van der Waals surface area contributed by atoms with E-state index in [1.54, 1.807) is 6.07 Å². The molecule has 100 valence electrons. The number of ether oxygens (including phenoxy) is 1. The molecule has 1 rings (SSSR count). The molecule has 18 heavy (non-hydrogen) atoms. The fourth-order valence-corrected chi connectivity index (χ4v) is 2.22. The van der Waals surface area contributed by atoms with E-state index in [9.17, 15) is 13.2 Å². The van der Waals surface area contributed by atoms with Gasteiger partial charge in [-0.1, -0.05) is 0 Å². The monoisotopic (exact) mass is 273 g/mol. The predicted molar refractivity (Wildman–Crippen MR) is 63.9 cm³/mol. The Labute approximate surface area is 106 Å². The van der Waals surface area contributed by atoms with Gasteiger partial charge in [0.1, 0.15) is 6.33 Å². The summed E-state index contributed by atoms with van der Waals surface area (Å²) in [5.41, 5.74) is 0.585. The molecule has 0 unspecified atom stereocenters. The van der Waals surface area contributed by atoms with Crippen LogP contribution in [0.1, 0.15) is 18.5 Å². The molecule has 0 atom stereocenters. The highest BCUT2D eigenvalue weighted by atomic mass is 32.2. The maximum absolute atomic E-state index is 11.6. The summed E-state index contributed by atoms with van der Waals surface area (Å²) in [6.07, 6.45) is 3.20. The van der Waals surface area contributed by atoms with Gasteiger partial charge in [-0.15, -0.1) is 0 Å². The van der Waals surface area contributed by atoms with Gasteiger partial charge in [0.25, 0.3) is 0 Å². The highest BCUT2D eigenvalue weighted by Gasteiger charge is 2.11. The Balaban J connectivity index is 2.34. The number of aromatic nitrogens is 2. The molecule has 0 bridgehead atoms. The zero-order valence-corrected chi connectivity index (χ0v) is 10.8. The highest BCUT2D eigenvalue weighted by Crippen LogP contribution is 1.98. The highest BCUT2D eigenvalue weighted by molar-refractivity contribution is 7.89. The Morgan fingerprint density at radius 2 is 2.28 bits per heavy atom. The van der Waals surface area contributed by atoms with Crippen LogP contribution in [0.3, 0.4) is 0 Å². The Morgan fingerprint density at radius 3 is 2.89 bits per heavy atom. The van der Waals surface area contributed by atoms with Crippen molar-refractivity contribution in [3.8, 4) is 0 Å². The third-order valence-corrected chi connectivity index (χ3v) is 3.55. The lowest BCUT2D eigenvalue weighted by Gasteiger charge is -2.05. The van der Waals surface area contributed by atoms with Crippen LogP contribution in [-0.2, 0) is 26.1 Å². The van der Waals surface area contributed by atoms with E-state index in [1.165, 1.54) is 19.6 Å². The average Bonchev–Trinajstić information content (AvgIpc) is 2.37. The number of esters is 1.